The van der Waals surface area contributed by atoms with Crippen LogP contribution in [0.1, 0.15) is 20.8 Å². The van der Waals surface area contributed by atoms with E-state index in [0.29, 0.717) is 0 Å². The number of aliphatic hydroxyl groups excluding tert-OH is 3. The van der Waals surface area contributed by atoms with Crippen LogP contribution in [0.4, 0.5) is 0 Å². The summed E-state index contributed by atoms with van der Waals surface area (Å²) in [5, 5.41) is 28.4. The highest BCUT2D eigenvalue weighted by molar-refractivity contribution is 4.90. The van der Waals surface area contributed by atoms with E-state index in [-0.39, 0.29) is 0 Å². The fraction of sp³-hybridized carbons (Fsp3) is 1.00. The molecule has 1 heterocycles. The van der Waals surface area contributed by atoms with Gasteiger partial charge in [-0.15, -0.1) is 0 Å². The van der Waals surface area contributed by atoms with Crippen LogP contribution in [0.5, 0.6) is 0 Å². The second-order valence-electron chi connectivity index (χ2n) is 4.35. The SMILES string of the molecule is CC(O)C(C)OC1OC(C)C(O)C(O)C1N. The molecule has 1 rings (SSSR count). The van der Waals surface area contributed by atoms with Gasteiger partial charge in [0.1, 0.15) is 12.2 Å². The van der Waals surface area contributed by atoms with Crippen molar-refractivity contribution in [3.8, 4) is 0 Å². The lowest BCUT2D eigenvalue weighted by Gasteiger charge is -2.40. The number of ether oxygens (including phenoxy) is 2. The van der Waals surface area contributed by atoms with E-state index in [4.69, 9.17) is 15.2 Å². The molecule has 0 spiro atoms. The molecule has 0 aromatic heterocycles. The summed E-state index contributed by atoms with van der Waals surface area (Å²) in [4.78, 5) is 0. The zero-order valence-corrected chi connectivity index (χ0v) is 9.78. The van der Waals surface area contributed by atoms with Crippen molar-refractivity contribution in [2.24, 2.45) is 5.73 Å². The van der Waals surface area contributed by atoms with Crippen LogP contribution in [-0.2, 0) is 9.47 Å². The average molecular weight is 235 g/mol. The lowest BCUT2D eigenvalue weighted by atomic mass is 9.98. The third kappa shape index (κ3) is 2.91. The first kappa shape index (κ1) is 13.8. The molecule has 7 atom stereocenters. The zero-order chi connectivity index (χ0) is 12.5. The van der Waals surface area contributed by atoms with Gasteiger partial charge in [-0.05, 0) is 20.8 Å². The van der Waals surface area contributed by atoms with Gasteiger partial charge < -0.3 is 30.5 Å². The van der Waals surface area contributed by atoms with Crippen molar-refractivity contribution in [1.82, 2.24) is 0 Å². The molecular weight excluding hydrogens is 214 g/mol. The lowest BCUT2D eigenvalue weighted by molar-refractivity contribution is -0.273. The summed E-state index contributed by atoms with van der Waals surface area (Å²) >= 11 is 0. The average Bonchev–Trinajstić information content (AvgIpc) is 2.22. The van der Waals surface area contributed by atoms with E-state index in [1.165, 1.54) is 0 Å². The Hall–Kier alpha value is -0.240. The quantitative estimate of drug-likeness (QED) is 0.478. The summed E-state index contributed by atoms with van der Waals surface area (Å²) in [6.07, 6.45) is -4.59. The molecule has 96 valence electrons. The predicted octanol–water partition coefficient (Wildman–Crippen LogP) is -1.43. The molecule has 0 bridgehead atoms. The molecule has 0 amide bonds. The van der Waals surface area contributed by atoms with Gasteiger partial charge in [-0.25, -0.2) is 0 Å². The molecule has 6 nitrogen and oxygen atoms in total. The van der Waals surface area contributed by atoms with Crippen LogP contribution in [0, 0.1) is 0 Å². The number of hydrogen-bond acceptors (Lipinski definition) is 6. The van der Waals surface area contributed by atoms with Gasteiger partial charge in [-0.3, -0.25) is 0 Å². The molecule has 0 aromatic carbocycles. The Balaban J connectivity index is 2.60. The molecule has 0 saturated carbocycles. The van der Waals surface area contributed by atoms with Gasteiger partial charge in [0.05, 0.1) is 24.4 Å². The van der Waals surface area contributed by atoms with E-state index in [9.17, 15) is 15.3 Å². The molecule has 1 saturated heterocycles. The van der Waals surface area contributed by atoms with Crippen LogP contribution in [0.15, 0.2) is 0 Å². The summed E-state index contributed by atoms with van der Waals surface area (Å²) in [6, 6.07) is -0.826. The minimum absolute atomic E-state index is 0.453. The minimum atomic E-state index is -1.09. The zero-order valence-electron chi connectivity index (χ0n) is 9.78. The molecule has 0 aromatic rings. The van der Waals surface area contributed by atoms with Gasteiger partial charge >= 0.3 is 0 Å². The number of hydrogen-bond donors (Lipinski definition) is 4. The Morgan fingerprint density at radius 1 is 1.25 bits per heavy atom. The fourth-order valence-corrected chi connectivity index (χ4v) is 1.50. The third-order valence-electron chi connectivity index (χ3n) is 2.92. The summed E-state index contributed by atoms with van der Waals surface area (Å²) in [7, 11) is 0. The normalized spacial score (nSPS) is 44.1. The van der Waals surface area contributed by atoms with E-state index in [1.807, 2.05) is 0 Å². The van der Waals surface area contributed by atoms with Crippen LogP contribution in [-0.4, -0.2) is 58.2 Å². The van der Waals surface area contributed by atoms with Crippen molar-refractivity contribution in [2.75, 3.05) is 0 Å². The van der Waals surface area contributed by atoms with E-state index in [2.05, 4.69) is 0 Å². The highest BCUT2D eigenvalue weighted by Gasteiger charge is 2.42. The van der Waals surface area contributed by atoms with E-state index >= 15 is 0 Å². The maximum Gasteiger partial charge on any atom is 0.176 e. The highest BCUT2D eigenvalue weighted by atomic mass is 16.7. The van der Waals surface area contributed by atoms with Gasteiger partial charge in [0, 0.05) is 0 Å². The molecule has 5 N–H and O–H groups in total. The Bertz CT molecular complexity index is 225. The summed E-state index contributed by atoms with van der Waals surface area (Å²) in [6.45, 7) is 4.90. The van der Waals surface area contributed by atoms with Gasteiger partial charge in [-0.2, -0.15) is 0 Å². The van der Waals surface area contributed by atoms with Gasteiger partial charge in [0.15, 0.2) is 6.29 Å². The van der Waals surface area contributed by atoms with Crippen molar-refractivity contribution in [3.05, 3.63) is 0 Å². The van der Waals surface area contributed by atoms with Crippen molar-refractivity contribution >= 4 is 0 Å². The van der Waals surface area contributed by atoms with E-state index in [1.54, 1.807) is 20.8 Å². The van der Waals surface area contributed by atoms with Crippen LogP contribution >= 0.6 is 0 Å². The predicted molar refractivity (Wildman–Crippen MR) is 56.6 cm³/mol. The first-order valence-corrected chi connectivity index (χ1v) is 5.45. The second-order valence-corrected chi connectivity index (χ2v) is 4.35. The third-order valence-corrected chi connectivity index (χ3v) is 2.92. The van der Waals surface area contributed by atoms with Crippen molar-refractivity contribution in [2.45, 2.75) is 63.6 Å². The molecule has 0 aliphatic carbocycles. The molecular formula is C10H21NO5. The molecule has 7 unspecified atom stereocenters. The van der Waals surface area contributed by atoms with Crippen molar-refractivity contribution in [3.63, 3.8) is 0 Å². The number of aliphatic hydroxyl groups is 3. The van der Waals surface area contributed by atoms with Crippen LogP contribution in [0.3, 0.4) is 0 Å². The smallest absolute Gasteiger partial charge is 0.176 e. The molecule has 0 radical (unpaired) electrons. The molecule has 1 aliphatic heterocycles. The number of nitrogens with two attached hydrogens (primary N) is 1. The Morgan fingerprint density at radius 2 is 1.81 bits per heavy atom. The van der Waals surface area contributed by atoms with Gasteiger partial charge in [-0.1, -0.05) is 0 Å². The first-order chi connectivity index (χ1) is 7.34. The molecule has 1 fully saturated rings. The maximum absolute atomic E-state index is 9.64. The van der Waals surface area contributed by atoms with Crippen LogP contribution in [0.2, 0.25) is 0 Å². The molecule has 1 aliphatic rings. The van der Waals surface area contributed by atoms with Gasteiger partial charge in [0.2, 0.25) is 0 Å². The Labute approximate surface area is 95.0 Å². The van der Waals surface area contributed by atoms with Crippen molar-refractivity contribution < 1.29 is 24.8 Å². The van der Waals surface area contributed by atoms with Crippen molar-refractivity contribution in [1.29, 1.82) is 0 Å². The van der Waals surface area contributed by atoms with E-state index in [0.717, 1.165) is 0 Å². The molecule has 6 heteroatoms. The fourth-order valence-electron chi connectivity index (χ4n) is 1.50. The maximum atomic E-state index is 9.64. The van der Waals surface area contributed by atoms with Crippen LogP contribution < -0.4 is 5.73 Å². The second kappa shape index (κ2) is 5.39. The Morgan fingerprint density at radius 3 is 2.31 bits per heavy atom. The van der Waals surface area contributed by atoms with Crippen LogP contribution in [0.25, 0.3) is 0 Å². The monoisotopic (exact) mass is 235 g/mol. The largest absolute Gasteiger partial charge is 0.391 e. The topological polar surface area (TPSA) is 105 Å². The number of rotatable bonds is 3. The lowest BCUT2D eigenvalue weighted by Crippen LogP contribution is -2.61. The summed E-state index contributed by atoms with van der Waals surface area (Å²) in [5.41, 5.74) is 5.68. The standard InChI is InChI=1S/C10H21NO5/c1-4(12)5(2)15-10-7(11)9(14)8(13)6(3)16-10/h4-10,12-14H,11H2,1-3H3. The summed E-state index contributed by atoms with van der Waals surface area (Å²) in [5.74, 6) is 0. The highest BCUT2D eigenvalue weighted by Crippen LogP contribution is 2.21. The summed E-state index contributed by atoms with van der Waals surface area (Å²) < 4.78 is 10.7. The molecule has 16 heavy (non-hydrogen) atoms. The van der Waals surface area contributed by atoms with Gasteiger partial charge in [0.25, 0.3) is 0 Å². The minimum Gasteiger partial charge on any atom is -0.391 e. The Kier molecular flexibility index (Phi) is 4.66. The first-order valence-electron chi connectivity index (χ1n) is 5.45. The van der Waals surface area contributed by atoms with E-state index < -0.39 is 42.9 Å².